The lowest BCUT2D eigenvalue weighted by atomic mass is 9.85. The van der Waals surface area contributed by atoms with Gasteiger partial charge < -0.3 is 9.47 Å². The van der Waals surface area contributed by atoms with Crippen LogP contribution in [-0.2, 0) is 16.1 Å². The standard InChI is InChI=1S/C32H37NO4/c1-22(2)18-29-32(4,5)37-31(35)33(29)30(34)20-26(25-14-10-7-11-15-25)27-19-23(3)16-17-28(27)36-21-24-12-8-6-9-13-24/h6-17,19,22,26,29H,18,20-21H2,1-5H3/t26-,29-/m0/s1. The zero-order valence-corrected chi connectivity index (χ0v) is 22.4. The van der Waals surface area contributed by atoms with Crippen LogP contribution >= 0.6 is 0 Å². The Morgan fingerprint density at radius 1 is 1.00 bits per heavy atom. The summed E-state index contributed by atoms with van der Waals surface area (Å²) in [6.45, 7) is 10.4. The Balaban J connectivity index is 1.68. The Labute approximate surface area is 220 Å². The fourth-order valence-electron chi connectivity index (χ4n) is 5.06. The number of cyclic esters (lactones) is 1. The first-order chi connectivity index (χ1) is 17.7. The molecule has 5 heteroatoms. The minimum atomic E-state index is -0.730. The highest BCUT2D eigenvalue weighted by Gasteiger charge is 2.50. The lowest BCUT2D eigenvalue weighted by molar-refractivity contribution is -0.130. The molecular weight excluding hydrogens is 462 g/mol. The highest BCUT2D eigenvalue weighted by molar-refractivity contribution is 5.94. The van der Waals surface area contributed by atoms with Gasteiger partial charge in [0.25, 0.3) is 0 Å². The molecule has 3 aromatic rings. The Kier molecular flexibility index (Phi) is 8.01. The van der Waals surface area contributed by atoms with Crippen LogP contribution in [0.3, 0.4) is 0 Å². The van der Waals surface area contributed by atoms with E-state index in [1.807, 2.05) is 93.6 Å². The number of benzene rings is 3. The molecule has 1 saturated heterocycles. The molecule has 5 nitrogen and oxygen atoms in total. The number of carbonyl (C=O) groups is 2. The fourth-order valence-corrected chi connectivity index (χ4v) is 5.06. The van der Waals surface area contributed by atoms with E-state index in [2.05, 4.69) is 19.9 Å². The molecule has 37 heavy (non-hydrogen) atoms. The van der Waals surface area contributed by atoms with Gasteiger partial charge in [0.05, 0.1) is 6.04 Å². The van der Waals surface area contributed by atoms with Crippen molar-refractivity contribution in [3.8, 4) is 5.75 Å². The van der Waals surface area contributed by atoms with E-state index in [9.17, 15) is 9.59 Å². The summed E-state index contributed by atoms with van der Waals surface area (Å²) in [5.74, 6) is 0.536. The molecule has 0 unspecified atom stereocenters. The van der Waals surface area contributed by atoms with Crippen LogP contribution in [0.1, 0.15) is 68.7 Å². The Morgan fingerprint density at radius 2 is 1.65 bits per heavy atom. The van der Waals surface area contributed by atoms with Gasteiger partial charge in [-0.25, -0.2) is 9.69 Å². The molecule has 1 aliphatic heterocycles. The Bertz CT molecular complexity index is 1220. The Morgan fingerprint density at radius 3 is 2.30 bits per heavy atom. The van der Waals surface area contributed by atoms with Gasteiger partial charge in [0.15, 0.2) is 0 Å². The molecule has 0 spiro atoms. The average Bonchev–Trinajstić information content (AvgIpc) is 3.09. The average molecular weight is 500 g/mol. The lowest BCUT2D eigenvalue weighted by Gasteiger charge is -2.30. The van der Waals surface area contributed by atoms with Gasteiger partial charge in [-0.05, 0) is 50.3 Å². The van der Waals surface area contributed by atoms with Crippen LogP contribution in [0, 0.1) is 12.8 Å². The van der Waals surface area contributed by atoms with E-state index in [1.165, 1.54) is 4.90 Å². The summed E-state index contributed by atoms with van der Waals surface area (Å²) in [6, 6.07) is 25.8. The van der Waals surface area contributed by atoms with E-state index in [1.54, 1.807) is 0 Å². The molecule has 2 atom stereocenters. The van der Waals surface area contributed by atoms with Crippen molar-refractivity contribution >= 4 is 12.0 Å². The first kappa shape index (κ1) is 26.5. The zero-order chi connectivity index (χ0) is 26.6. The fraction of sp³-hybridized carbons (Fsp3) is 0.375. The molecule has 2 amide bonds. The quantitative estimate of drug-likeness (QED) is 0.311. The van der Waals surface area contributed by atoms with Crippen LogP contribution in [0.25, 0.3) is 0 Å². The van der Waals surface area contributed by atoms with Gasteiger partial charge in [0.1, 0.15) is 18.0 Å². The van der Waals surface area contributed by atoms with Crippen molar-refractivity contribution in [2.45, 2.75) is 71.6 Å². The molecule has 1 heterocycles. The number of hydrogen-bond donors (Lipinski definition) is 0. The predicted octanol–water partition coefficient (Wildman–Crippen LogP) is 7.27. The maximum Gasteiger partial charge on any atom is 0.417 e. The second kappa shape index (κ2) is 11.2. The van der Waals surface area contributed by atoms with E-state index < -0.39 is 11.7 Å². The molecule has 1 fully saturated rings. The molecule has 0 N–H and O–H groups in total. The molecule has 194 valence electrons. The van der Waals surface area contributed by atoms with Crippen molar-refractivity contribution in [1.82, 2.24) is 4.90 Å². The van der Waals surface area contributed by atoms with Crippen LogP contribution in [0.5, 0.6) is 5.75 Å². The van der Waals surface area contributed by atoms with Crippen molar-refractivity contribution < 1.29 is 19.1 Å². The lowest BCUT2D eigenvalue weighted by Crippen LogP contribution is -2.45. The van der Waals surface area contributed by atoms with E-state index in [0.717, 1.165) is 28.0 Å². The summed E-state index contributed by atoms with van der Waals surface area (Å²) in [4.78, 5) is 28.1. The van der Waals surface area contributed by atoms with Crippen LogP contribution < -0.4 is 4.74 Å². The molecule has 0 saturated carbocycles. The molecule has 0 aliphatic carbocycles. The molecule has 0 aromatic heterocycles. The van der Waals surface area contributed by atoms with Crippen LogP contribution in [0.2, 0.25) is 0 Å². The SMILES string of the molecule is Cc1ccc(OCc2ccccc2)c([C@@H](CC(=O)N2C(=O)OC(C)(C)[C@@H]2CC(C)C)c2ccccc2)c1. The molecule has 0 radical (unpaired) electrons. The summed E-state index contributed by atoms with van der Waals surface area (Å²) < 4.78 is 12.0. The van der Waals surface area contributed by atoms with Crippen molar-refractivity contribution in [1.29, 1.82) is 0 Å². The largest absolute Gasteiger partial charge is 0.489 e. The number of ether oxygens (including phenoxy) is 2. The monoisotopic (exact) mass is 499 g/mol. The summed E-state index contributed by atoms with van der Waals surface area (Å²) in [5, 5.41) is 0. The van der Waals surface area contributed by atoms with Gasteiger partial charge in [-0.2, -0.15) is 0 Å². The van der Waals surface area contributed by atoms with Crippen LogP contribution in [0.15, 0.2) is 78.9 Å². The van der Waals surface area contributed by atoms with Crippen molar-refractivity contribution in [3.05, 3.63) is 101 Å². The topological polar surface area (TPSA) is 55.8 Å². The third-order valence-corrected chi connectivity index (χ3v) is 6.98. The van der Waals surface area contributed by atoms with Crippen molar-refractivity contribution in [2.24, 2.45) is 5.92 Å². The number of imide groups is 1. The third-order valence-electron chi connectivity index (χ3n) is 6.98. The molecular formula is C32H37NO4. The van der Waals surface area contributed by atoms with E-state index in [0.29, 0.717) is 18.9 Å². The molecule has 4 rings (SSSR count). The zero-order valence-electron chi connectivity index (χ0n) is 22.4. The first-order valence-corrected chi connectivity index (χ1v) is 13.0. The summed E-state index contributed by atoms with van der Waals surface area (Å²) in [5.41, 5.74) is 3.35. The predicted molar refractivity (Wildman–Crippen MR) is 146 cm³/mol. The van der Waals surface area contributed by atoms with Crippen molar-refractivity contribution in [2.75, 3.05) is 0 Å². The minimum Gasteiger partial charge on any atom is -0.489 e. The minimum absolute atomic E-state index is 0.134. The van der Waals surface area contributed by atoms with Gasteiger partial charge in [-0.3, -0.25) is 4.79 Å². The second-order valence-electron chi connectivity index (χ2n) is 10.9. The second-order valence-corrected chi connectivity index (χ2v) is 10.9. The van der Waals surface area contributed by atoms with Gasteiger partial charge >= 0.3 is 6.09 Å². The highest BCUT2D eigenvalue weighted by atomic mass is 16.6. The maximum absolute atomic E-state index is 13.9. The summed E-state index contributed by atoms with van der Waals surface area (Å²) in [6.07, 6.45) is 0.267. The number of rotatable bonds is 9. The first-order valence-electron chi connectivity index (χ1n) is 13.0. The Hall–Kier alpha value is -3.60. The van der Waals surface area contributed by atoms with Crippen LogP contribution in [0.4, 0.5) is 4.79 Å². The van der Waals surface area contributed by atoms with Gasteiger partial charge in [-0.15, -0.1) is 0 Å². The molecule has 1 aliphatic rings. The van der Waals surface area contributed by atoms with Gasteiger partial charge in [0.2, 0.25) is 5.91 Å². The highest BCUT2D eigenvalue weighted by Crippen LogP contribution is 2.39. The van der Waals surface area contributed by atoms with Gasteiger partial charge in [-0.1, -0.05) is 92.2 Å². The number of nitrogens with zero attached hydrogens (tertiary/aromatic N) is 1. The van der Waals surface area contributed by atoms with E-state index >= 15 is 0 Å². The number of aryl methyl sites for hydroxylation is 1. The van der Waals surface area contributed by atoms with E-state index in [-0.39, 0.29) is 24.3 Å². The smallest absolute Gasteiger partial charge is 0.417 e. The third kappa shape index (κ3) is 6.22. The van der Waals surface area contributed by atoms with E-state index in [4.69, 9.17) is 9.47 Å². The molecule has 3 aromatic carbocycles. The van der Waals surface area contributed by atoms with Crippen molar-refractivity contribution in [3.63, 3.8) is 0 Å². The number of hydrogen-bond acceptors (Lipinski definition) is 4. The normalized spacial score (nSPS) is 17.5. The van der Waals surface area contributed by atoms with Gasteiger partial charge in [0, 0.05) is 17.9 Å². The molecule has 0 bridgehead atoms. The van der Waals surface area contributed by atoms with Crippen LogP contribution in [-0.4, -0.2) is 28.5 Å². The number of carbonyl (C=O) groups excluding carboxylic acids is 2. The summed E-state index contributed by atoms with van der Waals surface area (Å²) in [7, 11) is 0. The maximum atomic E-state index is 13.9. The number of amides is 2. The summed E-state index contributed by atoms with van der Waals surface area (Å²) >= 11 is 0.